The van der Waals surface area contributed by atoms with Crippen LogP contribution in [-0.2, 0) is 16.0 Å². The Morgan fingerprint density at radius 2 is 1.96 bits per heavy atom. The third-order valence-corrected chi connectivity index (χ3v) is 3.16. The zero-order chi connectivity index (χ0) is 17.2. The highest BCUT2D eigenvalue weighted by atomic mass is 16.5. The highest BCUT2D eigenvalue weighted by Gasteiger charge is 2.18. The number of carboxylic acid groups (broad SMARTS) is 1. The molecule has 2 N–H and O–H groups in total. The second-order valence-corrected chi connectivity index (χ2v) is 5.85. The Morgan fingerprint density at radius 1 is 1.30 bits per heavy atom. The van der Waals surface area contributed by atoms with Gasteiger partial charge in [-0.15, -0.1) is 6.58 Å². The average Bonchev–Trinajstić information content (AvgIpc) is 2.50. The lowest BCUT2D eigenvalue weighted by Gasteiger charge is -2.14. The number of carbonyl (C=O) groups excluding carboxylic acids is 1. The molecule has 0 bridgehead atoms. The van der Waals surface area contributed by atoms with Gasteiger partial charge in [-0.1, -0.05) is 32.1 Å². The van der Waals surface area contributed by atoms with E-state index in [1.807, 2.05) is 24.3 Å². The zero-order valence-electron chi connectivity index (χ0n) is 13.7. The van der Waals surface area contributed by atoms with Crippen LogP contribution in [0.2, 0.25) is 0 Å². The molecule has 126 valence electrons. The largest absolute Gasteiger partial charge is 0.493 e. The van der Waals surface area contributed by atoms with Crippen molar-refractivity contribution in [1.82, 2.24) is 5.32 Å². The number of aliphatic carboxylic acids is 1. The fraction of sp³-hybridized carbons (Fsp3) is 0.444. The summed E-state index contributed by atoms with van der Waals surface area (Å²) in [6, 6.07) is 6.38. The molecule has 1 aromatic carbocycles. The van der Waals surface area contributed by atoms with Crippen molar-refractivity contribution in [2.75, 3.05) is 6.61 Å². The summed E-state index contributed by atoms with van der Waals surface area (Å²) in [5, 5.41) is 11.6. The normalized spacial score (nSPS) is 11.8. The SMILES string of the molecule is C=CCCC(NC(=O)Cc1ccc(OCC(C)C)cc1)C(=O)O. The van der Waals surface area contributed by atoms with Crippen molar-refractivity contribution in [2.45, 2.75) is 39.2 Å². The van der Waals surface area contributed by atoms with Crippen LogP contribution in [-0.4, -0.2) is 29.6 Å². The predicted molar refractivity (Wildman–Crippen MR) is 89.5 cm³/mol. The maximum absolute atomic E-state index is 12.0. The Morgan fingerprint density at radius 3 is 2.48 bits per heavy atom. The van der Waals surface area contributed by atoms with Crippen LogP contribution in [0, 0.1) is 5.92 Å². The third kappa shape index (κ3) is 7.49. The number of hydrogen-bond acceptors (Lipinski definition) is 3. The van der Waals surface area contributed by atoms with E-state index < -0.39 is 12.0 Å². The first-order valence-corrected chi connectivity index (χ1v) is 7.77. The van der Waals surface area contributed by atoms with Gasteiger partial charge in [0.1, 0.15) is 11.8 Å². The van der Waals surface area contributed by atoms with Crippen molar-refractivity contribution >= 4 is 11.9 Å². The molecule has 0 saturated heterocycles. The lowest BCUT2D eigenvalue weighted by molar-refractivity contribution is -0.141. The van der Waals surface area contributed by atoms with Crippen LogP contribution in [0.25, 0.3) is 0 Å². The summed E-state index contributed by atoms with van der Waals surface area (Å²) in [4.78, 5) is 23.1. The smallest absolute Gasteiger partial charge is 0.326 e. The van der Waals surface area contributed by atoms with E-state index in [1.165, 1.54) is 0 Å². The van der Waals surface area contributed by atoms with Crippen molar-refractivity contribution in [3.8, 4) is 5.75 Å². The van der Waals surface area contributed by atoms with Crippen LogP contribution in [0.15, 0.2) is 36.9 Å². The molecule has 5 nitrogen and oxygen atoms in total. The minimum Gasteiger partial charge on any atom is -0.493 e. The maximum Gasteiger partial charge on any atom is 0.326 e. The van der Waals surface area contributed by atoms with E-state index in [9.17, 15) is 9.59 Å². The molecule has 1 unspecified atom stereocenters. The fourth-order valence-corrected chi connectivity index (χ4v) is 1.94. The molecule has 0 spiro atoms. The molecule has 1 atom stereocenters. The standard InChI is InChI=1S/C18H25NO4/c1-4-5-6-16(18(21)22)19-17(20)11-14-7-9-15(10-8-14)23-12-13(2)3/h4,7-10,13,16H,1,5-6,11-12H2,2-3H3,(H,19,20)(H,21,22). The number of hydrogen-bond donors (Lipinski definition) is 2. The van der Waals surface area contributed by atoms with Crippen LogP contribution < -0.4 is 10.1 Å². The summed E-state index contributed by atoms with van der Waals surface area (Å²) in [6.45, 7) is 8.34. The lowest BCUT2D eigenvalue weighted by Crippen LogP contribution is -2.41. The number of allylic oxidation sites excluding steroid dienone is 1. The number of carbonyl (C=O) groups is 2. The zero-order valence-corrected chi connectivity index (χ0v) is 13.7. The minimum absolute atomic E-state index is 0.141. The number of amides is 1. The van der Waals surface area contributed by atoms with Gasteiger partial charge in [-0.25, -0.2) is 4.79 Å². The Labute approximate surface area is 137 Å². The Hall–Kier alpha value is -2.30. The van der Waals surface area contributed by atoms with E-state index in [0.29, 0.717) is 25.4 Å². The van der Waals surface area contributed by atoms with Gasteiger partial charge in [-0.2, -0.15) is 0 Å². The van der Waals surface area contributed by atoms with Crippen LogP contribution >= 0.6 is 0 Å². The molecule has 0 aliphatic heterocycles. The Balaban J connectivity index is 2.52. The fourth-order valence-electron chi connectivity index (χ4n) is 1.94. The Bertz CT molecular complexity index is 522. The Kier molecular flexibility index (Phi) is 7.88. The van der Waals surface area contributed by atoms with E-state index in [-0.39, 0.29) is 12.3 Å². The molecular formula is C18H25NO4. The molecule has 5 heteroatoms. The number of benzene rings is 1. The van der Waals surface area contributed by atoms with Crippen molar-refractivity contribution in [1.29, 1.82) is 0 Å². The van der Waals surface area contributed by atoms with Crippen LogP contribution in [0.3, 0.4) is 0 Å². The van der Waals surface area contributed by atoms with E-state index >= 15 is 0 Å². The summed E-state index contributed by atoms with van der Waals surface area (Å²) < 4.78 is 5.58. The second kappa shape index (κ2) is 9.66. The van der Waals surface area contributed by atoms with Gasteiger partial charge >= 0.3 is 5.97 Å². The summed E-state index contributed by atoms with van der Waals surface area (Å²) >= 11 is 0. The van der Waals surface area contributed by atoms with Crippen LogP contribution in [0.1, 0.15) is 32.3 Å². The third-order valence-electron chi connectivity index (χ3n) is 3.16. The molecule has 0 radical (unpaired) electrons. The summed E-state index contributed by atoms with van der Waals surface area (Å²) in [7, 11) is 0. The summed E-state index contributed by atoms with van der Waals surface area (Å²) in [5.74, 6) is -0.129. The molecule has 1 amide bonds. The van der Waals surface area contributed by atoms with E-state index in [0.717, 1.165) is 11.3 Å². The molecule has 0 aliphatic carbocycles. The van der Waals surface area contributed by atoms with E-state index in [2.05, 4.69) is 25.7 Å². The van der Waals surface area contributed by atoms with Crippen molar-refractivity contribution in [3.05, 3.63) is 42.5 Å². The monoisotopic (exact) mass is 319 g/mol. The van der Waals surface area contributed by atoms with E-state index in [4.69, 9.17) is 9.84 Å². The molecule has 0 aliphatic rings. The van der Waals surface area contributed by atoms with Gasteiger partial charge in [0.2, 0.25) is 5.91 Å². The molecule has 0 saturated carbocycles. The number of carboxylic acids is 1. The van der Waals surface area contributed by atoms with Gasteiger partial charge in [0, 0.05) is 0 Å². The van der Waals surface area contributed by atoms with Crippen LogP contribution in [0.4, 0.5) is 0 Å². The quantitative estimate of drug-likeness (QED) is 0.650. The molecular weight excluding hydrogens is 294 g/mol. The first-order chi connectivity index (χ1) is 10.9. The molecule has 0 aromatic heterocycles. The second-order valence-electron chi connectivity index (χ2n) is 5.85. The van der Waals surface area contributed by atoms with Crippen molar-refractivity contribution < 1.29 is 19.4 Å². The van der Waals surface area contributed by atoms with Gasteiger partial charge in [0.05, 0.1) is 13.0 Å². The minimum atomic E-state index is -1.03. The number of nitrogens with one attached hydrogen (secondary N) is 1. The molecule has 0 heterocycles. The molecule has 23 heavy (non-hydrogen) atoms. The van der Waals surface area contributed by atoms with Crippen molar-refractivity contribution in [2.24, 2.45) is 5.92 Å². The summed E-state index contributed by atoms with van der Waals surface area (Å²) in [5.41, 5.74) is 0.812. The molecule has 1 rings (SSSR count). The topological polar surface area (TPSA) is 75.6 Å². The molecule has 1 aromatic rings. The first-order valence-electron chi connectivity index (χ1n) is 7.77. The van der Waals surface area contributed by atoms with Gasteiger partial charge < -0.3 is 15.2 Å². The van der Waals surface area contributed by atoms with Gasteiger partial charge in [-0.05, 0) is 36.5 Å². The van der Waals surface area contributed by atoms with Gasteiger partial charge in [-0.3, -0.25) is 4.79 Å². The van der Waals surface area contributed by atoms with Gasteiger partial charge in [0.15, 0.2) is 0 Å². The number of ether oxygens (including phenoxy) is 1. The number of rotatable bonds is 10. The molecule has 0 fully saturated rings. The lowest BCUT2D eigenvalue weighted by atomic mass is 10.1. The highest BCUT2D eigenvalue weighted by Crippen LogP contribution is 2.13. The summed E-state index contributed by atoms with van der Waals surface area (Å²) in [6.07, 6.45) is 2.66. The highest BCUT2D eigenvalue weighted by molar-refractivity contribution is 5.84. The predicted octanol–water partition coefficient (Wildman–Crippen LogP) is 2.80. The van der Waals surface area contributed by atoms with Crippen LogP contribution in [0.5, 0.6) is 5.75 Å². The van der Waals surface area contributed by atoms with E-state index in [1.54, 1.807) is 6.08 Å². The van der Waals surface area contributed by atoms with Gasteiger partial charge in [0.25, 0.3) is 0 Å². The average molecular weight is 319 g/mol. The van der Waals surface area contributed by atoms with Crippen molar-refractivity contribution in [3.63, 3.8) is 0 Å². The first kappa shape index (κ1) is 18.7. The maximum atomic E-state index is 12.0.